The molecule has 4 heteroatoms. The third kappa shape index (κ3) is 6.58. The third-order valence-electron chi connectivity index (χ3n) is 8.37. The number of aromatic nitrogens is 3. The highest BCUT2D eigenvalue weighted by molar-refractivity contribution is 5.87. The molecule has 7 rings (SSSR count). The van der Waals surface area contributed by atoms with Gasteiger partial charge in [-0.2, -0.15) is 0 Å². The van der Waals surface area contributed by atoms with E-state index in [-0.39, 0.29) is 5.41 Å². The predicted molar refractivity (Wildman–Crippen MR) is 195 cm³/mol. The average Bonchev–Trinajstić information content (AvgIpc) is 3.12. The van der Waals surface area contributed by atoms with Gasteiger partial charge < -0.3 is 5.32 Å². The highest BCUT2D eigenvalue weighted by atomic mass is 15.0. The molecule has 4 aromatic carbocycles. The van der Waals surface area contributed by atoms with Crippen LogP contribution in [0.3, 0.4) is 0 Å². The number of nitrogens with one attached hydrogen (secondary N) is 1. The number of hydrogen-bond acceptors (Lipinski definition) is 4. The fraction of sp³-hybridized carbons (Fsp3) is 0.0930. The lowest BCUT2D eigenvalue weighted by atomic mass is 9.85. The zero-order valence-corrected chi connectivity index (χ0v) is 26.9. The molecular formula is C43H36N4. The molecule has 47 heavy (non-hydrogen) atoms. The number of anilines is 2. The molecule has 7 aromatic rings. The van der Waals surface area contributed by atoms with Crippen molar-refractivity contribution in [1.29, 1.82) is 0 Å². The molecule has 0 fully saturated rings. The van der Waals surface area contributed by atoms with Crippen LogP contribution in [-0.4, -0.2) is 15.0 Å². The Morgan fingerprint density at radius 1 is 0.447 bits per heavy atom. The summed E-state index contributed by atoms with van der Waals surface area (Å²) in [6, 6.07) is 50.4. The number of pyridine rings is 3. The Balaban J connectivity index is 1.37. The molecule has 1 N–H and O–H groups in total. The van der Waals surface area contributed by atoms with E-state index in [2.05, 4.69) is 141 Å². The van der Waals surface area contributed by atoms with Gasteiger partial charge in [0, 0.05) is 34.8 Å². The second-order valence-corrected chi connectivity index (χ2v) is 12.7. The molecule has 0 unspecified atom stereocenters. The lowest BCUT2D eigenvalue weighted by molar-refractivity contribution is 0.590. The fourth-order valence-electron chi connectivity index (χ4n) is 5.78. The van der Waals surface area contributed by atoms with Crippen molar-refractivity contribution in [2.45, 2.75) is 26.2 Å². The second-order valence-electron chi connectivity index (χ2n) is 12.7. The summed E-state index contributed by atoms with van der Waals surface area (Å²) in [7, 11) is 0. The quantitative estimate of drug-likeness (QED) is 0.196. The minimum atomic E-state index is -0.0511. The summed E-state index contributed by atoms with van der Waals surface area (Å²) in [6.45, 7) is 6.72. The van der Waals surface area contributed by atoms with Crippen LogP contribution in [0, 0.1) is 0 Å². The van der Waals surface area contributed by atoms with Gasteiger partial charge >= 0.3 is 0 Å². The first-order chi connectivity index (χ1) is 22.9. The van der Waals surface area contributed by atoms with Crippen molar-refractivity contribution in [3.05, 3.63) is 164 Å². The minimum absolute atomic E-state index is 0.0511. The zero-order valence-electron chi connectivity index (χ0n) is 26.9. The van der Waals surface area contributed by atoms with Crippen LogP contribution < -0.4 is 5.32 Å². The summed E-state index contributed by atoms with van der Waals surface area (Å²) in [6.07, 6.45) is 3.68. The van der Waals surface area contributed by atoms with Gasteiger partial charge in [-0.3, -0.25) is 4.98 Å². The Hall–Kier alpha value is -5.87. The lowest BCUT2D eigenvalue weighted by Crippen LogP contribution is -2.11. The standard InChI is InChI=1S/C43H36N4/c1-43(2,3)35-21-22-38(47-42-36(20-13-24-45-42)40-26-33(23-25-44-40)30-14-7-4-8-15-30)37(29-35)41-28-34(31-16-9-5-10-17-31)27-39(46-41)32-18-11-6-12-19-32/h4-29H,1-3H3,(H,45,47). The number of benzene rings is 4. The van der Waals surface area contributed by atoms with Crippen LogP contribution in [0.2, 0.25) is 0 Å². The first-order valence-electron chi connectivity index (χ1n) is 15.9. The first kappa shape index (κ1) is 29.8. The molecule has 0 atom stereocenters. The molecule has 0 spiro atoms. The van der Waals surface area contributed by atoms with Crippen molar-refractivity contribution in [1.82, 2.24) is 15.0 Å². The van der Waals surface area contributed by atoms with Crippen LogP contribution in [0.15, 0.2) is 158 Å². The Bertz CT molecular complexity index is 2080. The van der Waals surface area contributed by atoms with Gasteiger partial charge in [0.2, 0.25) is 0 Å². The highest BCUT2D eigenvalue weighted by Gasteiger charge is 2.20. The van der Waals surface area contributed by atoms with Crippen molar-refractivity contribution in [2.24, 2.45) is 0 Å². The fourth-order valence-corrected chi connectivity index (χ4v) is 5.78. The van der Waals surface area contributed by atoms with Crippen molar-refractivity contribution in [3.63, 3.8) is 0 Å². The largest absolute Gasteiger partial charge is 0.339 e. The maximum absolute atomic E-state index is 5.28. The molecule has 3 aromatic heterocycles. The second kappa shape index (κ2) is 12.9. The maximum Gasteiger partial charge on any atom is 0.139 e. The highest BCUT2D eigenvalue weighted by Crippen LogP contribution is 2.39. The van der Waals surface area contributed by atoms with E-state index in [0.29, 0.717) is 0 Å². The van der Waals surface area contributed by atoms with Crippen molar-refractivity contribution in [2.75, 3.05) is 5.32 Å². The van der Waals surface area contributed by atoms with Crippen LogP contribution in [-0.2, 0) is 5.41 Å². The van der Waals surface area contributed by atoms with E-state index >= 15 is 0 Å². The van der Waals surface area contributed by atoms with Crippen LogP contribution >= 0.6 is 0 Å². The van der Waals surface area contributed by atoms with Crippen LogP contribution in [0.4, 0.5) is 11.5 Å². The molecular weight excluding hydrogens is 573 g/mol. The Morgan fingerprint density at radius 2 is 1.06 bits per heavy atom. The molecule has 0 aliphatic heterocycles. The van der Waals surface area contributed by atoms with Crippen molar-refractivity contribution < 1.29 is 0 Å². The monoisotopic (exact) mass is 608 g/mol. The third-order valence-corrected chi connectivity index (χ3v) is 8.37. The van der Waals surface area contributed by atoms with Crippen LogP contribution in [0.1, 0.15) is 26.3 Å². The van der Waals surface area contributed by atoms with E-state index in [4.69, 9.17) is 15.0 Å². The van der Waals surface area contributed by atoms with Gasteiger partial charge in [0.15, 0.2) is 0 Å². The molecule has 0 aliphatic carbocycles. The van der Waals surface area contributed by atoms with E-state index in [0.717, 1.165) is 67.5 Å². The van der Waals surface area contributed by atoms with Gasteiger partial charge in [-0.25, -0.2) is 9.97 Å². The average molecular weight is 609 g/mol. The number of rotatable bonds is 7. The molecule has 0 amide bonds. The SMILES string of the molecule is CC(C)(C)c1ccc(Nc2ncccc2-c2cc(-c3ccccc3)ccn2)c(-c2cc(-c3ccccc3)cc(-c3ccccc3)n2)c1. The topological polar surface area (TPSA) is 50.7 Å². The van der Waals surface area contributed by atoms with E-state index in [1.54, 1.807) is 0 Å². The summed E-state index contributed by atoms with van der Waals surface area (Å²) in [5, 5.41) is 3.70. The van der Waals surface area contributed by atoms with E-state index in [1.807, 2.05) is 42.7 Å². The lowest BCUT2D eigenvalue weighted by Gasteiger charge is -2.22. The Morgan fingerprint density at radius 3 is 1.74 bits per heavy atom. The van der Waals surface area contributed by atoms with E-state index < -0.39 is 0 Å². The normalized spacial score (nSPS) is 11.3. The molecule has 0 bridgehead atoms. The van der Waals surface area contributed by atoms with Gasteiger partial charge in [-0.1, -0.05) is 118 Å². The molecule has 4 nitrogen and oxygen atoms in total. The first-order valence-corrected chi connectivity index (χ1v) is 15.9. The summed E-state index contributed by atoms with van der Waals surface area (Å²) < 4.78 is 0. The summed E-state index contributed by atoms with van der Waals surface area (Å²) in [4.78, 5) is 14.9. The van der Waals surface area contributed by atoms with Gasteiger partial charge in [0.25, 0.3) is 0 Å². The molecule has 0 saturated heterocycles. The van der Waals surface area contributed by atoms with Gasteiger partial charge in [-0.05, 0) is 81.8 Å². The molecule has 228 valence electrons. The summed E-state index contributed by atoms with van der Waals surface area (Å²) >= 11 is 0. The van der Waals surface area contributed by atoms with Crippen molar-refractivity contribution in [3.8, 4) is 56.0 Å². The smallest absolute Gasteiger partial charge is 0.139 e. The number of nitrogens with zero attached hydrogens (tertiary/aromatic N) is 3. The van der Waals surface area contributed by atoms with Gasteiger partial charge in [-0.15, -0.1) is 0 Å². The Labute approximate surface area is 276 Å². The Kier molecular flexibility index (Phi) is 8.16. The predicted octanol–water partition coefficient (Wildman–Crippen LogP) is 11.2. The summed E-state index contributed by atoms with van der Waals surface area (Å²) in [5.41, 5.74) is 12.3. The van der Waals surface area contributed by atoms with E-state index in [1.165, 1.54) is 5.56 Å². The molecule has 0 radical (unpaired) electrons. The molecule has 0 saturated carbocycles. The van der Waals surface area contributed by atoms with Gasteiger partial charge in [0.05, 0.1) is 17.1 Å². The van der Waals surface area contributed by atoms with Crippen LogP contribution in [0.25, 0.3) is 56.0 Å². The molecule has 3 heterocycles. The maximum atomic E-state index is 5.28. The number of hydrogen-bond donors (Lipinski definition) is 1. The summed E-state index contributed by atoms with van der Waals surface area (Å²) in [5.74, 6) is 0.734. The molecule has 0 aliphatic rings. The van der Waals surface area contributed by atoms with E-state index in [9.17, 15) is 0 Å². The van der Waals surface area contributed by atoms with Crippen LogP contribution in [0.5, 0.6) is 0 Å². The van der Waals surface area contributed by atoms with Gasteiger partial charge in [0.1, 0.15) is 5.82 Å². The van der Waals surface area contributed by atoms with Crippen molar-refractivity contribution >= 4 is 11.5 Å². The zero-order chi connectivity index (χ0) is 32.2. The minimum Gasteiger partial charge on any atom is -0.339 e.